The predicted molar refractivity (Wildman–Crippen MR) is 193 cm³/mol. The zero-order valence-electron chi connectivity index (χ0n) is 28.5. The first-order chi connectivity index (χ1) is 23.6. The highest BCUT2D eigenvalue weighted by molar-refractivity contribution is 6.99. The van der Waals surface area contributed by atoms with E-state index in [1.807, 2.05) is 12.1 Å². The van der Waals surface area contributed by atoms with Gasteiger partial charge in [0.1, 0.15) is 11.0 Å². The van der Waals surface area contributed by atoms with Gasteiger partial charge in [0.25, 0.3) is 8.32 Å². The molecule has 1 atom stereocenters. The molecule has 0 spiro atoms. The smallest absolute Gasteiger partial charge is 0.411 e. The molecule has 0 saturated heterocycles. The summed E-state index contributed by atoms with van der Waals surface area (Å²) in [6.45, 7) is 9.58. The van der Waals surface area contributed by atoms with Gasteiger partial charge >= 0.3 is 6.09 Å². The van der Waals surface area contributed by atoms with Gasteiger partial charge in [-0.15, -0.1) is 0 Å². The fourth-order valence-corrected chi connectivity index (χ4v) is 10.9. The largest absolute Gasteiger partial charge is 0.481 e. The third-order valence-electron chi connectivity index (χ3n) is 8.48. The first-order valence-electron chi connectivity index (χ1n) is 16.3. The van der Waals surface area contributed by atoms with E-state index < -0.39 is 14.4 Å². The van der Waals surface area contributed by atoms with Gasteiger partial charge in [-0.2, -0.15) is 10.1 Å². The molecular formula is C36H43N7O5Si. The zero-order valence-corrected chi connectivity index (χ0v) is 29.5. The zero-order chi connectivity index (χ0) is 35.0. The topological polar surface area (TPSA) is 153 Å². The maximum absolute atomic E-state index is 11.6. The van der Waals surface area contributed by atoms with Gasteiger partial charge in [0, 0.05) is 30.0 Å². The molecule has 5 aromatic rings. The second-order valence-corrected chi connectivity index (χ2v) is 17.2. The van der Waals surface area contributed by atoms with E-state index in [2.05, 4.69) is 107 Å². The molecule has 0 radical (unpaired) electrons. The molecule has 5 rings (SSSR count). The Morgan fingerprint density at radius 3 is 2.27 bits per heavy atom. The summed E-state index contributed by atoms with van der Waals surface area (Å²) >= 11 is 0. The summed E-state index contributed by atoms with van der Waals surface area (Å²) < 4.78 is 14.3. The molecule has 0 aliphatic heterocycles. The van der Waals surface area contributed by atoms with Gasteiger partial charge < -0.3 is 19.6 Å². The van der Waals surface area contributed by atoms with Crippen LogP contribution in [-0.2, 0) is 11.0 Å². The minimum absolute atomic E-state index is 0.0666. The van der Waals surface area contributed by atoms with Crippen LogP contribution in [0.5, 0.6) is 5.88 Å². The van der Waals surface area contributed by atoms with Crippen LogP contribution >= 0.6 is 0 Å². The van der Waals surface area contributed by atoms with Crippen molar-refractivity contribution in [3.8, 4) is 5.88 Å². The van der Waals surface area contributed by atoms with Gasteiger partial charge in [-0.05, 0) is 34.3 Å². The number of rotatable bonds is 15. The van der Waals surface area contributed by atoms with Crippen molar-refractivity contribution in [1.29, 1.82) is 0 Å². The molecule has 0 bridgehead atoms. The molecule has 2 aromatic carbocycles. The Bertz CT molecular complexity index is 1840. The van der Waals surface area contributed by atoms with Gasteiger partial charge in [-0.1, -0.05) is 94.8 Å². The van der Waals surface area contributed by atoms with Gasteiger partial charge in [0.2, 0.25) is 11.8 Å². The van der Waals surface area contributed by atoms with Crippen LogP contribution in [0.15, 0.2) is 79.1 Å². The third kappa shape index (κ3) is 7.79. The molecule has 3 heterocycles. The van der Waals surface area contributed by atoms with Crippen molar-refractivity contribution in [3.63, 3.8) is 0 Å². The van der Waals surface area contributed by atoms with Crippen LogP contribution in [0.25, 0.3) is 11.0 Å². The third-order valence-corrected chi connectivity index (χ3v) is 13.5. The van der Waals surface area contributed by atoms with Crippen molar-refractivity contribution in [2.45, 2.75) is 64.6 Å². The molecule has 13 heteroatoms. The number of carboxylic acid groups (broad SMARTS) is 1. The lowest BCUT2D eigenvalue weighted by molar-refractivity contribution is 0.112. The number of anilines is 2. The number of amides is 1. The van der Waals surface area contributed by atoms with E-state index in [0.29, 0.717) is 46.9 Å². The molecule has 49 heavy (non-hydrogen) atoms. The summed E-state index contributed by atoms with van der Waals surface area (Å²) in [5, 5.41) is 22.1. The van der Waals surface area contributed by atoms with Crippen LogP contribution in [0, 0.1) is 0 Å². The van der Waals surface area contributed by atoms with Gasteiger partial charge in [-0.25, -0.2) is 14.8 Å². The molecule has 0 fully saturated rings. The summed E-state index contributed by atoms with van der Waals surface area (Å²) in [7, 11) is -1.23. The van der Waals surface area contributed by atoms with Crippen molar-refractivity contribution in [2.75, 3.05) is 24.4 Å². The molecule has 1 amide bonds. The Hall–Kier alpha value is -5.14. The second kappa shape index (κ2) is 15.4. The second-order valence-electron chi connectivity index (χ2n) is 12.8. The first kappa shape index (κ1) is 35.2. The molecule has 3 aromatic heterocycles. The molecule has 12 nitrogen and oxygen atoms in total. The van der Waals surface area contributed by atoms with Crippen molar-refractivity contribution < 1.29 is 23.9 Å². The van der Waals surface area contributed by atoms with Crippen LogP contribution in [0.4, 0.5) is 16.6 Å². The Balaban J connectivity index is 1.49. The minimum Gasteiger partial charge on any atom is -0.481 e. The molecule has 0 unspecified atom stereocenters. The van der Waals surface area contributed by atoms with Crippen LogP contribution in [0.1, 0.15) is 62.9 Å². The van der Waals surface area contributed by atoms with Crippen LogP contribution in [0.3, 0.4) is 0 Å². The summed E-state index contributed by atoms with van der Waals surface area (Å²) in [5.74, 6) is 0.717. The predicted octanol–water partition coefficient (Wildman–Crippen LogP) is 5.73. The highest BCUT2D eigenvalue weighted by atomic mass is 28.4. The van der Waals surface area contributed by atoms with Gasteiger partial charge in [0.05, 0.1) is 19.9 Å². The van der Waals surface area contributed by atoms with E-state index >= 15 is 0 Å². The van der Waals surface area contributed by atoms with Gasteiger partial charge in [-0.3, -0.25) is 14.8 Å². The number of benzene rings is 2. The minimum atomic E-state index is -2.75. The first-order valence-corrected chi connectivity index (χ1v) is 18.2. The number of fused-ring (bicyclic) bond motifs is 1. The number of carbonyl (C=O) groups is 2. The molecule has 0 saturated carbocycles. The number of carbonyl (C=O) groups excluding carboxylic acids is 1. The lowest BCUT2D eigenvalue weighted by Crippen LogP contribution is -2.66. The lowest BCUT2D eigenvalue weighted by Gasteiger charge is -2.43. The fraction of sp³-hybridized carbons (Fsp3) is 0.333. The van der Waals surface area contributed by atoms with Crippen molar-refractivity contribution in [1.82, 2.24) is 24.7 Å². The number of nitrogens with one attached hydrogen (secondary N) is 2. The average molecular weight is 682 g/mol. The monoisotopic (exact) mass is 681 g/mol. The average Bonchev–Trinajstić information content (AvgIpc) is 3.49. The van der Waals surface area contributed by atoms with Crippen LogP contribution in [-0.4, -0.2) is 70.3 Å². The van der Waals surface area contributed by atoms with E-state index in [1.165, 1.54) is 23.7 Å². The molecule has 256 valence electrons. The summed E-state index contributed by atoms with van der Waals surface area (Å²) in [6.07, 6.45) is 4.82. The lowest BCUT2D eigenvalue weighted by atomic mass is 10.1. The number of ether oxygens (including phenoxy) is 1. The number of methoxy groups -OCH3 is 1. The van der Waals surface area contributed by atoms with Gasteiger partial charge in [0.15, 0.2) is 12.1 Å². The van der Waals surface area contributed by atoms with E-state index in [-0.39, 0.29) is 23.6 Å². The van der Waals surface area contributed by atoms with E-state index in [1.54, 1.807) is 16.9 Å². The highest BCUT2D eigenvalue weighted by Gasteiger charge is 2.50. The number of hydrogen-bond acceptors (Lipinski definition) is 9. The summed E-state index contributed by atoms with van der Waals surface area (Å²) in [6, 6.07) is 22.7. The summed E-state index contributed by atoms with van der Waals surface area (Å²) in [4.78, 5) is 36.3. The van der Waals surface area contributed by atoms with E-state index in [9.17, 15) is 14.7 Å². The van der Waals surface area contributed by atoms with Crippen LogP contribution < -0.4 is 25.7 Å². The Labute approximate surface area is 287 Å². The van der Waals surface area contributed by atoms with E-state index in [4.69, 9.17) is 9.16 Å². The summed E-state index contributed by atoms with van der Waals surface area (Å²) in [5.41, 5.74) is 2.06. The maximum Gasteiger partial charge on any atom is 0.411 e. The van der Waals surface area contributed by atoms with Crippen LogP contribution in [0.2, 0.25) is 5.04 Å². The molecule has 3 N–H and O–H groups in total. The molecular weight excluding hydrogens is 639 g/mol. The number of aldehydes is 1. The quantitative estimate of drug-likeness (QED) is 0.0923. The number of nitrogens with zero attached hydrogens (tertiary/aromatic N) is 5. The molecule has 0 aliphatic rings. The Morgan fingerprint density at radius 1 is 1.02 bits per heavy atom. The molecule has 0 aliphatic carbocycles. The number of pyridine rings is 1. The van der Waals surface area contributed by atoms with Crippen molar-refractivity contribution in [2.24, 2.45) is 0 Å². The van der Waals surface area contributed by atoms with E-state index in [0.717, 1.165) is 19.1 Å². The van der Waals surface area contributed by atoms with Crippen molar-refractivity contribution >= 4 is 53.9 Å². The number of aromatic nitrogens is 5. The van der Waals surface area contributed by atoms with Crippen molar-refractivity contribution in [3.05, 3.63) is 90.3 Å². The Kier molecular flexibility index (Phi) is 11.0. The standard InChI is InChI=1S/C36H43N7O5Si/c1-6-13-27(18-19-48-49(36(2,3)4,28-14-9-7-10-15-28)29-16-11-8-12-17-29)39-32-31-30(40-34(41-32)42-35(45)46)22-38-43(31)23-26-20-25(24-44)21-37-33(26)47-5/h7-12,14-17,20-22,24,27H,6,13,18-19,23H2,1-5H3,(H,45,46)(H2,39,40,41,42)/t27-/m0/s1. The maximum atomic E-state index is 11.6. The fourth-order valence-electron chi connectivity index (χ4n) is 6.36. The Morgan fingerprint density at radius 2 is 1.69 bits per heavy atom. The number of hydrogen-bond donors (Lipinski definition) is 3. The normalized spacial score (nSPS) is 12.4. The highest BCUT2D eigenvalue weighted by Crippen LogP contribution is 2.37. The SMILES string of the molecule is CCC[C@@H](CCO[Si](c1ccccc1)(c1ccccc1)C(C)(C)C)Nc1nc(NC(=O)O)nc2cnn(Cc3cc(C=O)cnc3OC)c12.